The lowest BCUT2D eigenvalue weighted by molar-refractivity contribution is -0.211. The number of hydrogen-bond acceptors (Lipinski definition) is 7. The molecule has 0 amide bonds. The van der Waals surface area contributed by atoms with E-state index in [9.17, 15) is 14.4 Å². The Kier molecular flexibility index (Phi) is 3.51. The van der Waals surface area contributed by atoms with Crippen LogP contribution in [0.25, 0.3) is 0 Å². The lowest BCUT2D eigenvalue weighted by Gasteiger charge is -2.63. The van der Waals surface area contributed by atoms with Crippen LogP contribution in [-0.4, -0.2) is 54.0 Å². The van der Waals surface area contributed by atoms with Gasteiger partial charge in [0.25, 0.3) is 0 Å². The number of carbonyl (C=O) groups is 3. The molecule has 2 aliphatic carbocycles. The summed E-state index contributed by atoms with van der Waals surface area (Å²) in [4.78, 5) is 39.0. The van der Waals surface area contributed by atoms with E-state index in [1.807, 2.05) is 13.1 Å². The highest BCUT2D eigenvalue weighted by atomic mass is 16.6. The maximum absolute atomic E-state index is 13.0. The number of nitrogens with zero attached hydrogens (tertiary/aromatic N) is 1. The number of likely N-dealkylation sites (tertiary alicyclic amines) is 1. The number of rotatable bonds is 2. The van der Waals surface area contributed by atoms with E-state index < -0.39 is 23.1 Å². The zero-order chi connectivity index (χ0) is 19.8. The summed E-state index contributed by atoms with van der Waals surface area (Å²) < 4.78 is 17.7. The SMILES string of the molecule is CC(=O)Oc1ccc2c3c1O[C@H]1C(=O)CC[C@@]4(OC(C)=O)[C@@H](C2)N(C)CC[C@]314. The number of benzene rings is 1. The van der Waals surface area contributed by atoms with Crippen LogP contribution in [0.1, 0.15) is 44.2 Å². The quantitative estimate of drug-likeness (QED) is 0.564. The fourth-order valence-electron chi connectivity index (χ4n) is 6.19. The number of carbonyl (C=O) groups excluding carboxylic acids is 3. The van der Waals surface area contributed by atoms with Crippen molar-refractivity contribution >= 4 is 17.7 Å². The second-order valence-corrected chi connectivity index (χ2v) is 8.39. The maximum atomic E-state index is 13.0. The van der Waals surface area contributed by atoms with E-state index in [2.05, 4.69) is 4.90 Å². The molecule has 0 unspecified atom stereocenters. The maximum Gasteiger partial charge on any atom is 0.308 e. The molecule has 0 N–H and O–H groups in total. The van der Waals surface area contributed by atoms with Crippen molar-refractivity contribution in [1.29, 1.82) is 0 Å². The molecule has 4 atom stereocenters. The molecule has 1 spiro atoms. The van der Waals surface area contributed by atoms with Crippen LogP contribution >= 0.6 is 0 Å². The summed E-state index contributed by atoms with van der Waals surface area (Å²) in [6, 6.07) is 3.66. The Morgan fingerprint density at radius 2 is 2.00 bits per heavy atom. The van der Waals surface area contributed by atoms with E-state index >= 15 is 0 Å². The first-order valence-corrected chi connectivity index (χ1v) is 9.74. The van der Waals surface area contributed by atoms with Gasteiger partial charge in [-0.2, -0.15) is 0 Å². The lowest BCUT2D eigenvalue weighted by atomic mass is 9.49. The number of Topliss-reactive ketones (excluding diaryl/α,β-unsaturated/α-hetero) is 1. The minimum Gasteiger partial charge on any atom is -0.477 e. The van der Waals surface area contributed by atoms with Crippen molar-refractivity contribution in [3.8, 4) is 11.5 Å². The predicted octanol–water partition coefficient (Wildman–Crippen LogP) is 1.54. The van der Waals surface area contributed by atoms with Gasteiger partial charge in [0, 0.05) is 25.8 Å². The van der Waals surface area contributed by atoms with Gasteiger partial charge in [-0.05, 0) is 44.5 Å². The van der Waals surface area contributed by atoms with Crippen molar-refractivity contribution in [2.75, 3.05) is 13.6 Å². The summed E-state index contributed by atoms with van der Waals surface area (Å²) in [6.45, 7) is 3.54. The van der Waals surface area contributed by atoms with Crippen LogP contribution in [0.2, 0.25) is 0 Å². The summed E-state index contributed by atoms with van der Waals surface area (Å²) in [5.74, 6) is 0.0240. The molecule has 2 aliphatic heterocycles. The van der Waals surface area contributed by atoms with Crippen LogP contribution in [0, 0.1) is 0 Å². The van der Waals surface area contributed by atoms with Crippen LogP contribution in [0.3, 0.4) is 0 Å². The number of likely N-dealkylation sites (N-methyl/N-ethyl adjacent to an activating group) is 1. The first-order chi connectivity index (χ1) is 13.3. The zero-order valence-electron chi connectivity index (χ0n) is 16.2. The number of ether oxygens (including phenoxy) is 3. The highest BCUT2D eigenvalue weighted by Crippen LogP contribution is 2.65. The van der Waals surface area contributed by atoms with Gasteiger partial charge < -0.3 is 14.2 Å². The highest BCUT2D eigenvalue weighted by molar-refractivity contribution is 5.90. The molecule has 5 rings (SSSR count). The smallest absolute Gasteiger partial charge is 0.308 e. The molecule has 28 heavy (non-hydrogen) atoms. The van der Waals surface area contributed by atoms with Gasteiger partial charge in [0.2, 0.25) is 0 Å². The monoisotopic (exact) mass is 385 g/mol. The normalized spacial score (nSPS) is 35.0. The Balaban J connectivity index is 1.81. The van der Waals surface area contributed by atoms with E-state index in [1.54, 1.807) is 6.07 Å². The Labute approximate surface area is 162 Å². The predicted molar refractivity (Wildman–Crippen MR) is 97.3 cm³/mol. The second kappa shape index (κ2) is 5.56. The van der Waals surface area contributed by atoms with Crippen molar-refractivity contribution in [3.63, 3.8) is 0 Å². The molecule has 1 saturated carbocycles. The Hall–Kier alpha value is -2.41. The molecule has 1 aromatic carbocycles. The Morgan fingerprint density at radius 3 is 2.71 bits per heavy atom. The Bertz CT molecular complexity index is 926. The summed E-state index contributed by atoms with van der Waals surface area (Å²) in [7, 11) is 2.04. The van der Waals surface area contributed by atoms with Gasteiger partial charge in [-0.3, -0.25) is 19.3 Å². The standard InChI is InChI=1S/C21H23NO6/c1-11(23)26-15-5-4-13-10-16-21(28-12(2)24)7-6-14(25)19-20(21,8-9-22(16)3)17(13)18(15)27-19/h4-5,16,19H,6-10H2,1-3H3/t16-,19+,20+,21-/m1/s1. The molecule has 0 aromatic heterocycles. The molecule has 2 bridgehead atoms. The lowest BCUT2D eigenvalue weighted by Crippen LogP contribution is -2.77. The van der Waals surface area contributed by atoms with E-state index in [0.29, 0.717) is 37.2 Å². The van der Waals surface area contributed by atoms with Crippen molar-refractivity contribution < 1.29 is 28.6 Å². The van der Waals surface area contributed by atoms with Gasteiger partial charge >= 0.3 is 11.9 Å². The summed E-state index contributed by atoms with van der Waals surface area (Å²) >= 11 is 0. The average molecular weight is 385 g/mol. The minimum atomic E-state index is -0.822. The topological polar surface area (TPSA) is 82.1 Å². The molecule has 7 heteroatoms. The largest absolute Gasteiger partial charge is 0.477 e. The van der Waals surface area contributed by atoms with Gasteiger partial charge in [-0.15, -0.1) is 0 Å². The van der Waals surface area contributed by atoms with Crippen molar-refractivity contribution in [2.45, 2.75) is 62.7 Å². The third-order valence-corrected chi connectivity index (χ3v) is 7.05. The first-order valence-electron chi connectivity index (χ1n) is 9.74. The average Bonchev–Trinajstić information content (AvgIpc) is 2.97. The van der Waals surface area contributed by atoms with Gasteiger partial charge in [-0.25, -0.2) is 0 Å². The molecule has 1 saturated heterocycles. The number of hydrogen-bond donors (Lipinski definition) is 0. The summed E-state index contributed by atoms with van der Waals surface area (Å²) in [6.07, 6.45) is 1.40. The van der Waals surface area contributed by atoms with Crippen LogP contribution in [0.5, 0.6) is 11.5 Å². The number of piperidine rings is 1. The van der Waals surface area contributed by atoms with E-state index in [-0.39, 0.29) is 17.8 Å². The third-order valence-electron chi connectivity index (χ3n) is 7.05. The number of ketones is 1. The molecule has 2 heterocycles. The van der Waals surface area contributed by atoms with E-state index in [1.165, 1.54) is 13.8 Å². The van der Waals surface area contributed by atoms with E-state index in [4.69, 9.17) is 14.2 Å². The fourth-order valence-corrected chi connectivity index (χ4v) is 6.19. The molecule has 4 aliphatic rings. The second-order valence-electron chi connectivity index (χ2n) is 8.39. The molecular weight excluding hydrogens is 362 g/mol. The summed E-state index contributed by atoms with van der Waals surface area (Å²) in [5.41, 5.74) is 0.416. The first kappa shape index (κ1) is 17.7. The minimum absolute atomic E-state index is 0.0175. The molecule has 7 nitrogen and oxygen atoms in total. The molecule has 148 valence electrons. The molecular formula is C21H23NO6. The fraction of sp³-hybridized carbons (Fsp3) is 0.571. The molecule has 0 radical (unpaired) electrons. The van der Waals surface area contributed by atoms with Gasteiger partial charge in [0.15, 0.2) is 23.4 Å². The molecule has 1 aromatic rings. The van der Waals surface area contributed by atoms with E-state index in [0.717, 1.165) is 17.7 Å². The van der Waals surface area contributed by atoms with Crippen LogP contribution in [-0.2, 0) is 31.0 Å². The molecule has 2 fully saturated rings. The van der Waals surface area contributed by atoms with Gasteiger partial charge in [0.1, 0.15) is 5.60 Å². The van der Waals surface area contributed by atoms with Crippen LogP contribution < -0.4 is 9.47 Å². The van der Waals surface area contributed by atoms with Crippen molar-refractivity contribution in [3.05, 3.63) is 23.3 Å². The van der Waals surface area contributed by atoms with Gasteiger partial charge in [-0.1, -0.05) is 6.07 Å². The third kappa shape index (κ3) is 1.95. The number of esters is 2. The zero-order valence-corrected chi connectivity index (χ0v) is 16.2. The summed E-state index contributed by atoms with van der Waals surface area (Å²) in [5, 5.41) is 0. The van der Waals surface area contributed by atoms with Gasteiger partial charge in [0.05, 0.1) is 11.5 Å². The highest BCUT2D eigenvalue weighted by Gasteiger charge is 2.75. The van der Waals surface area contributed by atoms with Crippen molar-refractivity contribution in [2.24, 2.45) is 0 Å². The van der Waals surface area contributed by atoms with Crippen molar-refractivity contribution in [1.82, 2.24) is 4.90 Å². The van der Waals surface area contributed by atoms with Crippen LogP contribution in [0.4, 0.5) is 0 Å². The van der Waals surface area contributed by atoms with Crippen LogP contribution in [0.15, 0.2) is 12.1 Å². The Morgan fingerprint density at radius 1 is 1.21 bits per heavy atom.